The molecule has 0 saturated carbocycles. The Morgan fingerprint density at radius 3 is 2.68 bits per heavy atom. The van der Waals surface area contributed by atoms with Crippen LogP contribution in [0.1, 0.15) is 30.3 Å². The summed E-state index contributed by atoms with van der Waals surface area (Å²) >= 11 is 0. The minimum atomic E-state index is -3.59. The number of methoxy groups -OCH3 is 1. The fourth-order valence-electron chi connectivity index (χ4n) is 4.87. The van der Waals surface area contributed by atoms with E-state index in [1.54, 1.807) is 29.7 Å². The molecular weight excluding hydrogens is 556 g/mol. The Balaban J connectivity index is 1.41. The number of nitrogens with zero attached hydrogens (tertiary/aromatic N) is 4. The van der Waals surface area contributed by atoms with Gasteiger partial charge in [-0.1, -0.05) is 13.0 Å². The van der Waals surface area contributed by atoms with Gasteiger partial charge in [0.1, 0.15) is 28.8 Å². The molecule has 216 valence electrons. The van der Waals surface area contributed by atoms with E-state index < -0.39 is 27.8 Å². The third kappa shape index (κ3) is 6.14. The van der Waals surface area contributed by atoms with Crippen LogP contribution in [-0.4, -0.2) is 61.5 Å². The van der Waals surface area contributed by atoms with Crippen molar-refractivity contribution in [1.82, 2.24) is 23.8 Å². The second-order valence-corrected chi connectivity index (χ2v) is 11.0. The smallest absolute Gasteiger partial charge is 0.277 e. The average Bonchev–Trinajstić information content (AvgIpc) is 3.42. The Labute approximate surface area is 235 Å². The third-order valence-corrected chi connectivity index (χ3v) is 8.05. The van der Waals surface area contributed by atoms with Crippen molar-refractivity contribution in [3.63, 3.8) is 0 Å². The minimum Gasteiger partial charge on any atom is -0.496 e. The summed E-state index contributed by atoms with van der Waals surface area (Å²) in [7, 11) is -2.18. The van der Waals surface area contributed by atoms with E-state index in [9.17, 15) is 22.0 Å². The SMILES string of the molecule is CCNS(=O)(=O)NC1CCN(c2ccc(F)cc2NC(=O)c2cn3ccnc3c(-c3c(F)cccc3OC)n2)CC1. The van der Waals surface area contributed by atoms with Gasteiger partial charge in [-0.05, 0) is 43.2 Å². The first-order valence-electron chi connectivity index (χ1n) is 13.0. The van der Waals surface area contributed by atoms with Crippen LogP contribution in [-0.2, 0) is 10.2 Å². The number of imidazole rings is 1. The van der Waals surface area contributed by atoms with Gasteiger partial charge in [-0.2, -0.15) is 13.1 Å². The van der Waals surface area contributed by atoms with Crippen molar-refractivity contribution in [3.05, 3.63) is 72.3 Å². The Morgan fingerprint density at radius 2 is 1.95 bits per heavy atom. The van der Waals surface area contributed by atoms with E-state index in [-0.39, 0.29) is 41.0 Å². The first-order chi connectivity index (χ1) is 19.7. The van der Waals surface area contributed by atoms with Gasteiger partial charge in [0.25, 0.3) is 16.1 Å². The summed E-state index contributed by atoms with van der Waals surface area (Å²) in [6.45, 7) is 2.94. The maximum Gasteiger partial charge on any atom is 0.277 e. The van der Waals surface area contributed by atoms with Gasteiger partial charge in [0.05, 0.1) is 24.0 Å². The Morgan fingerprint density at radius 1 is 1.17 bits per heavy atom. The fraction of sp³-hybridized carbons (Fsp3) is 0.296. The lowest BCUT2D eigenvalue weighted by molar-refractivity contribution is 0.102. The molecule has 41 heavy (non-hydrogen) atoms. The van der Waals surface area contributed by atoms with Crippen LogP contribution in [0, 0.1) is 11.6 Å². The van der Waals surface area contributed by atoms with Gasteiger partial charge in [0, 0.05) is 44.3 Å². The van der Waals surface area contributed by atoms with Crippen LogP contribution in [0.2, 0.25) is 0 Å². The second kappa shape index (κ2) is 11.8. The standard InChI is InChI=1S/C27H29F2N7O4S/c1-3-31-41(38,39)34-18-9-12-35(13-10-18)22-8-7-17(28)15-20(22)33-27(37)21-16-36-14-11-30-26(36)25(32-21)24-19(29)5-4-6-23(24)40-2/h4-8,11,14-16,18,31,34H,3,9-10,12-13H2,1-2H3,(H,33,37). The minimum absolute atomic E-state index is 0.0532. The molecule has 1 aliphatic rings. The van der Waals surface area contributed by atoms with Crippen molar-refractivity contribution in [3.8, 4) is 17.0 Å². The molecule has 0 unspecified atom stereocenters. The van der Waals surface area contributed by atoms with Crippen LogP contribution < -0.4 is 24.4 Å². The zero-order valence-electron chi connectivity index (χ0n) is 22.4. The van der Waals surface area contributed by atoms with E-state index >= 15 is 0 Å². The molecule has 2 aromatic carbocycles. The quantitative estimate of drug-likeness (QED) is 0.275. The van der Waals surface area contributed by atoms with E-state index in [1.165, 1.54) is 43.8 Å². The van der Waals surface area contributed by atoms with E-state index in [1.807, 2.05) is 4.90 Å². The van der Waals surface area contributed by atoms with Gasteiger partial charge in [-0.15, -0.1) is 0 Å². The number of aromatic nitrogens is 3. The summed E-state index contributed by atoms with van der Waals surface area (Å²) in [5.74, 6) is -1.56. The Kier molecular flexibility index (Phi) is 8.15. The number of rotatable bonds is 9. The number of piperidine rings is 1. The number of anilines is 2. The molecule has 5 rings (SSSR count). The highest BCUT2D eigenvalue weighted by Gasteiger charge is 2.26. The number of ether oxygens (including phenoxy) is 1. The lowest BCUT2D eigenvalue weighted by Gasteiger charge is -2.34. The lowest BCUT2D eigenvalue weighted by atomic mass is 10.0. The number of fused-ring (bicyclic) bond motifs is 1. The summed E-state index contributed by atoms with van der Waals surface area (Å²) in [6, 6.07) is 8.17. The predicted octanol–water partition coefficient (Wildman–Crippen LogP) is 3.35. The van der Waals surface area contributed by atoms with Crippen molar-refractivity contribution >= 4 is 33.1 Å². The summed E-state index contributed by atoms with van der Waals surface area (Å²) in [6.07, 6.45) is 5.59. The van der Waals surface area contributed by atoms with E-state index in [4.69, 9.17) is 4.74 Å². The van der Waals surface area contributed by atoms with Crippen LogP contribution in [0.3, 0.4) is 0 Å². The molecule has 11 nitrogen and oxygen atoms in total. The summed E-state index contributed by atoms with van der Waals surface area (Å²) in [4.78, 5) is 24.1. The van der Waals surface area contributed by atoms with E-state index in [0.717, 1.165) is 0 Å². The van der Waals surface area contributed by atoms with Crippen molar-refractivity contribution in [2.24, 2.45) is 0 Å². The van der Waals surface area contributed by atoms with Crippen molar-refractivity contribution < 1.29 is 26.7 Å². The maximum absolute atomic E-state index is 15.0. The molecule has 0 atom stereocenters. The van der Waals surface area contributed by atoms with Crippen LogP contribution in [0.5, 0.6) is 5.75 Å². The Hall–Kier alpha value is -4.14. The van der Waals surface area contributed by atoms with Gasteiger partial charge >= 0.3 is 0 Å². The van der Waals surface area contributed by atoms with Crippen molar-refractivity contribution in [1.29, 1.82) is 0 Å². The monoisotopic (exact) mass is 585 g/mol. The van der Waals surface area contributed by atoms with Gasteiger partial charge in [-0.3, -0.25) is 4.79 Å². The van der Waals surface area contributed by atoms with Crippen LogP contribution in [0.4, 0.5) is 20.2 Å². The molecule has 1 amide bonds. The molecule has 1 fully saturated rings. The first kappa shape index (κ1) is 28.4. The number of carbonyl (C=O) groups excluding carboxylic acids is 1. The van der Waals surface area contributed by atoms with Gasteiger partial charge in [0.15, 0.2) is 5.65 Å². The highest BCUT2D eigenvalue weighted by Crippen LogP contribution is 2.34. The van der Waals surface area contributed by atoms with Gasteiger partial charge in [-0.25, -0.2) is 23.5 Å². The van der Waals surface area contributed by atoms with Crippen molar-refractivity contribution in [2.75, 3.05) is 37.0 Å². The van der Waals surface area contributed by atoms with Gasteiger partial charge in [0.2, 0.25) is 0 Å². The number of amides is 1. The van der Waals surface area contributed by atoms with Crippen LogP contribution >= 0.6 is 0 Å². The largest absolute Gasteiger partial charge is 0.496 e. The Bertz CT molecular complexity index is 1690. The zero-order valence-corrected chi connectivity index (χ0v) is 23.2. The average molecular weight is 586 g/mol. The highest BCUT2D eigenvalue weighted by molar-refractivity contribution is 7.87. The normalized spacial score (nSPS) is 14.4. The molecular formula is C27H29F2N7O4S. The number of nitrogens with one attached hydrogen (secondary N) is 3. The molecule has 3 heterocycles. The van der Waals surface area contributed by atoms with E-state index in [0.29, 0.717) is 37.3 Å². The first-order valence-corrected chi connectivity index (χ1v) is 14.5. The molecule has 0 spiro atoms. The zero-order chi connectivity index (χ0) is 29.1. The summed E-state index contributed by atoms with van der Waals surface area (Å²) in [5, 5.41) is 2.75. The molecule has 14 heteroatoms. The molecule has 1 saturated heterocycles. The number of halogens is 2. The molecule has 0 aliphatic carbocycles. The summed E-state index contributed by atoms with van der Waals surface area (Å²) in [5.41, 5.74) is 1.23. The highest BCUT2D eigenvalue weighted by atomic mass is 32.2. The third-order valence-electron chi connectivity index (χ3n) is 6.74. The van der Waals surface area contributed by atoms with E-state index in [2.05, 4.69) is 24.7 Å². The molecule has 0 bridgehead atoms. The van der Waals surface area contributed by atoms with Crippen LogP contribution in [0.15, 0.2) is 55.0 Å². The molecule has 1 aliphatic heterocycles. The topological polar surface area (TPSA) is 130 Å². The molecule has 2 aromatic heterocycles. The fourth-order valence-corrected chi connectivity index (χ4v) is 6.01. The van der Waals surface area contributed by atoms with Crippen molar-refractivity contribution in [2.45, 2.75) is 25.8 Å². The summed E-state index contributed by atoms with van der Waals surface area (Å²) < 4.78 is 65.4. The van der Waals surface area contributed by atoms with Gasteiger partial charge < -0.3 is 19.4 Å². The molecule has 0 radical (unpaired) electrons. The number of hydrogen-bond donors (Lipinski definition) is 3. The number of carbonyl (C=O) groups is 1. The predicted molar refractivity (Wildman–Crippen MR) is 150 cm³/mol. The second-order valence-electron chi connectivity index (χ2n) is 9.45. The molecule has 4 aromatic rings. The maximum atomic E-state index is 15.0. The number of benzene rings is 2. The lowest BCUT2D eigenvalue weighted by Crippen LogP contribution is -2.48. The number of hydrogen-bond acceptors (Lipinski definition) is 7. The van der Waals surface area contributed by atoms with Crippen LogP contribution in [0.25, 0.3) is 16.9 Å². The molecule has 3 N–H and O–H groups in total.